The highest BCUT2D eigenvalue weighted by molar-refractivity contribution is 6.03. The molecular formula is C20H20FN5O2. The Balaban J connectivity index is 1.72. The molecule has 0 spiro atoms. The summed E-state index contributed by atoms with van der Waals surface area (Å²) in [6, 6.07) is 8.71. The Morgan fingerprint density at radius 1 is 1.39 bits per heavy atom. The van der Waals surface area contributed by atoms with Crippen LogP contribution in [0.3, 0.4) is 0 Å². The molecule has 0 bridgehead atoms. The molecule has 2 atom stereocenters. The summed E-state index contributed by atoms with van der Waals surface area (Å²) in [5.41, 5.74) is 6.60. The second-order valence-electron chi connectivity index (χ2n) is 6.68. The van der Waals surface area contributed by atoms with Gasteiger partial charge in [0.05, 0.1) is 5.56 Å². The minimum Gasteiger partial charge on any atom is -0.462 e. The first-order valence-electron chi connectivity index (χ1n) is 8.94. The summed E-state index contributed by atoms with van der Waals surface area (Å²) in [6.45, 7) is 2.08. The fraction of sp³-hybridized carbons (Fsp3) is 0.300. The molecule has 1 aliphatic rings. The van der Waals surface area contributed by atoms with Crippen LogP contribution in [0.1, 0.15) is 42.2 Å². The summed E-state index contributed by atoms with van der Waals surface area (Å²) in [4.78, 5) is 20.2. The number of halogens is 1. The number of hydrogen-bond donors (Lipinski definition) is 2. The van der Waals surface area contributed by atoms with E-state index in [1.807, 2.05) is 6.07 Å². The molecule has 3 N–H and O–H groups in total. The van der Waals surface area contributed by atoms with Crippen LogP contribution in [0.4, 0.5) is 15.8 Å². The number of hydrogen-bond acceptors (Lipinski definition) is 5. The molecule has 0 saturated heterocycles. The third kappa shape index (κ3) is 4.62. The highest BCUT2D eigenvalue weighted by Gasteiger charge is 2.25. The molecule has 0 aliphatic heterocycles. The van der Waals surface area contributed by atoms with Crippen LogP contribution in [0, 0.1) is 23.1 Å². The first kappa shape index (κ1) is 19.3. The minimum absolute atomic E-state index is 0.0165. The van der Waals surface area contributed by atoms with Crippen LogP contribution in [0.2, 0.25) is 0 Å². The van der Waals surface area contributed by atoms with Crippen LogP contribution in [-0.2, 0) is 4.74 Å². The zero-order chi connectivity index (χ0) is 20.1. The Hall–Kier alpha value is -3.47. The molecule has 144 valence electrons. The lowest BCUT2D eigenvalue weighted by Gasteiger charge is -2.16. The normalized spacial score (nSPS) is 19.1. The van der Waals surface area contributed by atoms with Gasteiger partial charge < -0.3 is 15.8 Å². The maximum Gasteiger partial charge on any atom is 0.287 e. The molecule has 1 saturated carbocycles. The van der Waals surface area contributed by atoms with Gasteiger partial charge in [-0.3, -0.25) is 4.79 Å². The zero-order valence-electron chi connectivity index (χ0n) is 15.4. The van der Waals surface area contributed by atoms with Crippen molar-refractivity contribution in [2.75, 3.05) is 5.32 Å². The first-order valence-corrected chi connectivity index (χ1v) is 8.94. The molecule has 1 aliphatic carbocycles. The minimum atomic E-state index is -0.583. The maximum absolute atomic E-state index is 14.1. The second kappa shape index (κ2) is 8.48. The average molecular weight is 381 g/mol. The van der Waals surface area contributed by atoms with Gasteiger partial charge in [-0.15, -0.1) is 0 Å². The lowest BCUT2D eigenvalue weighted by atomic mass is 10.1. The van der Waals surface area contributed by atoms with Gasteiger partial charge >= 0.3 is 0 Å². The SMILES string of the molecule is C[C@H]1CCCC1O/C(N)=N\c1cc(NC(=O)c2ccc(C#N)cn2)ccc1F. The predicted molar refractivity (Wildman–Crippen MR) is 102 cm³/mol. The van der Waals surface area contributed by atoms with Gasteiger partial charge in [-0.2, -0.15) is 10.3 Å². The van der Waals surface area contributed by atoms with E-state index in [0.29, 0.717) is 17.2 Å². The number of nitriles is 1. The van der Waals surface area contributed by atoms with E-state index in [4.69, 9.17) is 15.7 Å². The van der Waals surface area contributed by atoms with E-state index in [0.717, 1.165) is 19.3 Å². The van der Waals surface area contributed by atoms with Crippen LogP contribution in [0.5, 0.6) is 0 Å². The van der Waals surface area contributed by atoms with Crippen molar-refractivity contribution in [1.82, 2.24) is 4.98 Å². The number of pyridine rings is 1. The highest BCUT2D eigenvalue weighted by atomic mass is 19.1. The van der Waals surface area contributed by atoms with Crippen molar-refractivity contribution in [3.63, 3.8) is 0 Å². The van der Waals surface area contributed by atoms with Crippen LogP contribution >= 0.6 is 0 Å². The Morgan fingerprint density at radius 2 is 2.21 bits per heavy atom. The van der Waals surface area contributed by atoms with Crippen molar-refractivity contribution < 1.29 is 13.9 Å². The van der Waals surface area contributed by atoms with E-state index in [-0.39, 0.29) is 23.5 Å². The molecule has 7 nitrogen and oxygen atoms in total. The quantitative estimate of drug-likeness (QED) is 0.622. The number of anilines is 1. The lowest BCUT2D eigenvalue weighted by Crippen LogP contribution is -2.25. The van der Waals surface area contributed by atoms with E-state index in [9.17, 15) is 9.18 Å². The van der Waals surface area contributed by atoms with E-state index in [1.54, 1.807) is 0 Å². The molecule has 3 rings (SSSR count). The predicted octanol–water partition coefficient (Wildman–Crippen LogP) is 3.50. The van der Waals surface area contributed by atoms with E-state index < -0.39 is 11.7 Å². The average Bonchev–Trinajstić information content (AvgIpc) is 3.09. The van der Waals surface area contributed by atoms with Crippen molar-refractivity contribution in [1.29, 1.82) is 5.26 Å². The van der Waals surface area contributed by atoms with Crippen LogP contribution in [0.25, 0.3) is 0 Å². The summed E-state index contributed by atoms with van der Waals surface area (Å²) < 4.78 is 19.7. The fourth-order valence-electron chi connectivity index (χ4n) is 3.05. The van der Waals surface area contributed by atoms with Crippen molar-refractivity contribution in [3.05, 3.63) is 53.6 Å². The van der Waals surface area contributed by atoms with E-state index in [2.05, 4.69) is 22.2 Å². The van der Waals surface area contributed by atoms with Gasteiger partial charge in [-0.05, 0) is 55.5 Å². The van der Waals surface area contributed by atoms with Gasteiger partial charge in [0, 0.05) is 11.9 Å². The van der Waals surface area contributed by atoms with Gasteiger partial charge in [0.15, 0.2) is 0 Å². The second-order valence-corrected chi connectivity index (χ2v) is 6.68. The molecule has 0 radical (unpaired) electrons. The first-order chi connectivity index (χ1) is 13.5. The van der Waals surface area contributed by atoms with Gasteiger partial charge in [0.25, 0.3) is 11.9 Å². The Kier molecular flexibility index (Phi) is 5.84. The van der Waals surface area contributed by atoms with E-state index >= 15 is 0 Å². The lowest BCUT2D eigenvalue weighted by molar-refractivity contribution is 0.102. The highest BCUT2D eigenvalue weighted by Crippen LogP contribution is 2.28. The third-order valence-electron chi connectivity index (χ3n) is 4.61. The molecule has 1 fully saturated rings. The molecule has 2 aromatic rings. The molecule has 8 heteroatoms. The monoisotopic (exact) mass is 381 g/mol. The van der Waals surface area contributed by atoms with Crippen molar-refractivity contribution in [2.45, 2.75) is 32.3 Å². The summed E-state index contributed by atoms with van der Waals surface area (Å²) in [7, 11) is 0. The Morgan fingerprint density at radius 3 is 2.86 bits per heavy atom. The van der Waals surface area contributed by atoms with Crippen molar-refractivity contribution in [3.8, 4) is 6.07 Å². The molecule has 1 amide bonds. The number of aliphatic imine (C=N–C) groups is 1. The smallest absolute Gasteiger partial charge is 0.287 e. The molecule has 1 aromatic heterocycles. The number of amidine groups is 1. The van der Waals surface area contributed by atoms with Gasteiger partial charge in [-0.1, -0.05) is 6.92 Å². The number of nitrogens with zero attached hydrogens (tertiary/aromatic N) is 3. The van der Waals surface area contributed by atoms with Crippen molar-refractivity contribution >= 4 is 23.3 Å². The fourth-order valence-corrected chi connectivity index (χ4v) is 3.05. The number of rotatable bonds is 4. The number of amides is 1. The zero-order valence-corrected chi connectivity index (χ0v) is 15.4. The number of carbonyl (C=O) groups excluding carboxylic acids is 1. The number of carbonyl (C=O) groups is 1. The topological polar surface area (TPSA) is 113 Å². The summed E-state index contributed by atoms with van der Waals surface area (Å²) >= 11 is 0. The number of aromatic nitrogens is 1. The van der Waals surface area contributed by atoms with Gasteiger partial charge in [0.2, 0.25) is 0 Å². The Bertz CT molecular complexity index is 937. The summed E-state index contributed by atoms with van der Waals surface area (Å²) in [5, 5.41) is 11.4. The number of benzene rings is 1. The molecular weight excluding hydrogens is 361 g/mol. The van der Waals surface area contributed by atoms with Crippen LogP contribution in [-0.4, -0.2) is 23.0 Å². The largest absolute Gasteiger partial charge is 0.462 e. The summed E-state index contributed by atoms with van der Waals surface area (Å²) in [6.07, 6.45) is 4.32. The third-order valence-corrected chi connectivity index (χ3v) is 4.61. The molecule has 1 aromatic carbocycles. The van der Waals surface area contributed by atoms with Crippen molar-refractivity contribution in [2.24, 2.45) is 16.6 Å². The standard InChI is InChI=1S/C20H20FN5O2/c1-12-3-2-4-18(12)28-20(23)26-17-9-14(6-7-15(17)21)25-19(27)16-8-5-13(10-22)11-24-16/h5-9,11-12,18H,2-4H2,1H3,(H2,23,26)(H,25,27)/t12-,18?/m0/s1. The molecule has 1 heterocycles. The number of nitrogens with two attached hydrogens (primary N) is 1. The maximum atomic E-state index is 14.1. The Labute approximate surface area is 162 Å². The number of ether oxygens (including phenoxy) is 1. The molecule has 1 unspecified atom stereocenters. The van der Waals surface area contributed by atoms with E-state index in [1.165, 1.54) is 36.5 Å². The molecule has 28 heavy (non-hydrogen) atoms. The van der Waals surface area contributed by atoms with Crippen LogP contribution < -0.4 is 11.1 Å². The van der Waals surface area contributed by atoms with Gasteiger partial charge in [-0.25, -0.2) is 9.37 Å². The summed E-state index contributed by atoms with van der Waals surface area (Å²) in [5.74, 6) is -0.695. The number of nitrogens with one attached hydrogen (secondary N) is 1. The van der Waals surface area contributed by atoms with Crippen LogP contribution in [0.15, 0.2) is 41.5 Å². The van der Waals surface area contributed by atoms with Gasteiger partial charge in [0.1, 0.15) is 29.4 Å².